The highest BCUT2D eigenvalue weighted by Gasteiger charge is 2.29. The average molecular weight is 263 g/mol. The zero-order chi connectivity index (χ0) is 14.0. The van der Waals surface area contributed by atoms with E-state index in [1.54, 1.807) is 6.07 Å². The van der Waals surface area contributed by atoms with Gasteiger partial charge < -0.3 is 9.84 Å². The van der Waals surface area contributed by atoms with Crippen molar-refractivity contribution in [1.82, 2.24) is 4.90 Å². The molecular weight excluding hydrogens is 242 g/mol. The summed E-state index contributed by atoms with van der Waals surface area (Å²) in [6.45, 7) is 7.58. The van der Waals surface area contributed by atoms with Gasteiger partial charge in [0.05, 0.1) is 7.11 Å². The van der Waals surface area contributed by atoms with Crippen molar-refractivity contribution < 1.29 is 14.6 Å². The van der Waals surface area contributed by atoms with Crippen LogP contribution in [0.25, 0.3) is 0 Å². The van der Waals surface area contributed by atoms with Crippen LogP contribution in [0.5, 0.6) is 5.75 Å². The zero-order valence-corrected chi connectivity index (χ0v) is 11.8. The first-order valence-corrected chi connectivity index (χ1v) is 6.54. The van der Waals surface area contributed by atoms with Crippen molar-refractivity contribution in [2.24, 2.45) is 5.41 Å². The monoisotopic (exact) mass is 263 g/mol. The molecule has 0 amide bonds. The first-order chi connectivity index (χ1) is 8.91. The van der Waals surface area contributed by atoms with E-state index in [0.717, 1.165) is 25.2 Å². The number of likely N-dealkylation sites (tertiary alicyclic amines) is 1. The SMILES string of the molecule is COc1cc(CN2CCC(C)(C)C2)ccc1C(=O)O. The fraction of sp³-hybridized carbons (Fsp3) is 0.533. The van der Waals surface area contributed by atoms with Gasteiger partial charge in [-0.2, -0.15) is 0 Å². The van der Waals surface area contributed by atoms with Crippen LogP contribution >= 0.6 is 0 Å². The fourth-order valence-corrected chi connectivity index (χ4v) is 2.63. The fourth-order valence-electron chi connectivity index (χ4n) is 2.63. The van der Waals surface area contributed by atoms with Gasteiger partial charge in [0.2, 0.25) is 0 Å². The topological polar surface area (TPSA) is 49.8 Å². The predicted molar refractivity (Wildman–Crippen MR) is 73.6 cm³/mol. The lowest BCUT2D eigenvalue weighted by Crippen LogP contribution is -2.22. The molecule has 1 aromatic rings. The minimum atomic E-state index is -0.953. The molecule has 4 heteroatoms. The van der Waals surface area contributed by atoms with Crippen LogP contribution in [-0.4, -0.2) is 36.2 Å². The Morgan fingerprint density at radius 2 is 2.21 bits per heavy atom. The highest BCUT2D eigenvalue weighted by Crippen LogP contribution is 2.30. The summed E-state index contributed by atoms with van der Waals surface area (Å²) in [5.74, 6) is -0.519. The maximum atomic E-state index is 11.0. The summed E-state index contributed by atoms with van der Waals surface area (Å²) in [6.07, 6.45) is 1.21. The van der Waals surface area contributed by atoms with Crippen molar-refractivity contribution in [3.8, 4) is 5.75 Å². The Labute approximate surface area is 114 Å². The van der Waals surface area contributed by atoms with E-state index in [9.17, 15) is 4.79 Å². The van der Waals surface area contributed by atoms with Gasteiger partial charge >= 0.3 is 5.97 Å². The number of carboxylic acid groups (broad SMARTS) is 1. The number of carboxylic acids is 1. The Bertz CT molecular complexity index is 482. The first kappa shape index (κ1) is 13.9. The van der Waals surface area contributed by atoms with Crippen LogP contribution in [0.1, 0.15) is 36.2 Å². The van der Waals surface area contributed by atoms with Crippen molar-refractivity contribution in [2.45, 2.75) is 26.8 Å². The number of hydrogen-bond donors (Lipinski definition) is 1. The average Bonchev–Trinajstić information content (AvgIpc) is 2.68. The third kappa shape index (κ3) is 3.26. The van der Waals surface area contributed by atoms with Crippen LogP contribution in [0.4, 0.5) is 0 Å². The molecule has 1 heterocycles. The number of hydrogen-bond acceptors (Lipinski definition) is 3. The molecule has 1 N–H and O–H groups in total. The van der Waals surface area contributed by atoms with Gasteiger partial charge in [-0.25, -0.2) is 4.79 Å². The van der Waals surface area contributed by atoms with Gasteiger partial charge in [0.1, 0.15) is 11.3 Å². The Hall–Kier alpha value is -1.55. The van der Waals surface area contributed by atoms with E-state index < -0.39 is 5.97 Å². The lowest BCUT2D eigenvalue weighted by Gasteiger charge is -2.20. The molecule has 1 fully saturated rings. The van der Waals surface area contributed by atoms with Gasteiger partial charge in [-0.15, -0.1) is 0 Å². The second kappa shape index (κ2) is 5.21. The molecule has 2 rings (SSSR count). The third-order valence-corrected chi connectivity index (χ3v) is 3.66. The van der Waals surface area contributed by atoms with E-state index in [1.165, 1.54) is 13.5 Å². The third-order valence-electron chi connectivity index (χ3n) is 3.66. The van der Waals surface area contributed by atoms with Crippen LogP contribution in [-0.2, 0) is 6.54 Å². The number of ether oxygens (including phenoxy) is 1. The van der Waals surface area contributed by atoms with E-state index in [1.807, 2.05) is 12.1 Å². The van der Waals surface area contributed by atoms with E-state index >= 15 is 0 Å². The molecule has 0 spiro atoms. The van der Waals surface area contributed by atoms with E-state index in [0.29, 0.717) is 11.2 Å². The molecular formula is C15H21NO3. The molecule has 0 radical (unpaired) electrons. The Balaban J connectivity index is 2.12. The molecule has 0 saturated carbocycles. The summed E-state index contributed by atoms with van der Waals surface area (Å²) in [5.41, 5.74) is 1.69. The van der Waals surface area contributed by atoms with Crippen LogP contribution in [0, 0.1) is 5.41 Å². The lowest BCUT2D eigenvalue weighted by atomic mass is 9.93. The summed E-state index contributed by atoms with van der Waals surface area (Å²) in [5, 5.41) is 9.05. The zero-order valence-electron chi connectivity index (χ0n) is 11.8. The van der Waals surface area contributed by atoms with Crippen molar-refractivity contribution in [1.29, 1.82) is 0 Å². The molecule has 0 bridgehead atoms. The van der Waals surface area contributed by atoms with Gasteiger partial charge in [0.15, 0.2) is 0 Å². The molecule has 1 saturated heterocycles. The molecule has 1 aromatic carbocycles. The van der Waals surface area contributed by atoms with Crippen molar-refractivity contribution in [3.63, 3.8) is 0 Å². The summed E-state index contributed by atoms with van der Waals surface area (Å²) >= 11 is 0. The van der Waals surface area contributed by atoms with Gasteiger partial charge in [-0.1, -0.05) is 19.9 Å². The quantitative estimate of drug-likeness (QED) is 0.907. The van der Waals surface area contributed by atoms with E-state index in [4.69, 9.17) is 9.84 Å². The maximum absolute atomic E-state index is 11.0. The standard InChI is InChI=1S/C15H21NO3/c1-15(2)6-7-16(10-15)9-11-4-5-12(14(17)18)13(8-11)19-3/h4-5,8H,6-7,9-10H2,1-3H3,(H,17,18). The number of nitrogens with zero attached hydrogens (tertiary/aromatic N) is 1. The van der Waals surface area contributed by atoms with Crippen LogP contribution < -0.4 is 4.74 Å². The number of rotatable bonds is 4. The second-order valence-electron chi connectivity index (χ2n) is 5.96. The predicted octanol–water partition coefficient (Wildman–Crippen LogP) is 2.63. The smallest absolute Gasteiger partial charge is 0.339 e. The van der Waals surface area contributed by atoms with Gasteiger partial charge in [0.25, 0.3) is 0 Å². The minimum Gasteiger partial charge on any atom is -0.496 e. The molecule has 1 aliphatic rings. The van der Waals surface area contributed by atoms with Crippen LogP contribution in [0.3, 0.4) is 0 Å². The second-order valence-corrected chi connectivity index (χ2v) is 5.96. The number of carbonyl (C=O) groups is 1. The molecule has 0 aliphatic carbocycles. The summed E-state index contributed by atoms with van der Waals surface area (Å²) in [7, 11) is 1.50. The lowest BCUT2D eigenvalue weighted by molar-refractivity contribution is 0.0693. The van der Waals surface area contributed by atoms with Crippen LogP contribution in [0.15, 0.2) is 18.2 Å². The number of methoxy groups -OCH3 is 1. The molecule has 0 atom stereocenters. The Kier molecular flexibility index (Phi) is 3.80. The molecule has 0 aromatic heterocycles. The highest BCUT2D eigenvalue weighted by atomic mass is 16.5. The molecule has 104 valence electrons. The van der Waals surface area contributed by atoms with Crippen molar-refractivity contribution in [2.75, 3.05) is 20.2 Å². The van der Waals surface area contributed by atoms with Crippen molar-refractivity contribution >= 4 is 5.97 Å². The maximum Gasteiger partial charge on any atom is 0.339 e. The highest BCUT2D eigenvalue weighted by molar-refractivity contribution is 5.90. The number of benzene rings is 1. The van der Waals surface area contributed by atoms with Gasteiger partial charge in [-0.3, -0.25) is 4.90 Å². The molecule has 4 nitrogen and oxygen atoms in total. The molecule has 1 aliphatic heterocycles. The minimum absolute atomic E-state index is 0.216. The van der Waals surface area contributed by atoms with Crippen LogP contribution in [0.2, 0.25) is 0 Å². The number of aromatic carboxylic acids is 1. The Morgan fingerprint density at radius 3 is 2.74 bits per heavy atom. The molecule has 0 unspecified atom stereocenters. The molecule has 19 heavy (non-hydrogen) atoms. The van der Waals surface area contributed by atoms with Crippen molar-refractivity contribution in [3.05, 3.63) is 29.3 Å². The first-order valence-electron chi connectivity index (χ1n) is 6.54. The Morgan fingerprint density at radius 1 is 1.47 bits per heavy atom. The van der Waals surface area contributed by atoms with Gasteiger partial charge in [-0.05, 0) is 36.1 Å². The van der Waals surface area contributed by atoms with E-state index in [-0.39, 0.29) is 5.56 Å². The summed E-state index contributed by atoms with van der Waals surface area (Å²) in [4.78, 5) is 13.4. The summed E-state index contributed by atoms with van der Waals surface area (Å²) in [6, 6.07) is 5.32. The summed E-state index contributed by atoms with van der Waals surface area (Å²) < 4.78 is 5.15. The largest absolute Gasteiger partial charge is 0.496 e. The van der Waals surface area contributed by atoms with E-state index in [2.05, 4.69) is 18.7 Å². The van der Waals surface area contributed by atoms with Gasteiger partial charge in [0, 0.05) is 13.1 Å². The normalized spacial score (nSPS) is 18.5.